The van der Waals surface area contributed by atoms with E-state index in [2.05, 4.69) is 0 Å². The Kier molecular flexibility index (Phi) is 7.39. The summed E-state index contributed by atoms with van der Waals surface area (Å²) in [6.07, 6.45) is 0.476. The molecule has 0 spiro atoms. The highest BCUT2D eigenvalue weighted by atomic mass is 16.5. The Bertz CT molecular complexity index is 697. The molecule has 2 aromatic carbocycles. The first-order valence-electron chi connectivity index (χ1n) is 9.01. The van der Waals surface area contributed by atoms with Crippen LogP contribution in [0.15, 0.2) is 60.7 Å². The van der Waals surface area contributed by atoms with E-state index in [1.165, 1.54) is 0 Å². The van der Waals surface area contributed by atoms with Gasteiger partial charge in [-0.25, -0.2) is 9.59 Å². The van der Waals surface area contributed by atoms with E-state index in [1.54, 1.807) is 36.4 Å². The van der Waals surface area contributed by atoms with Crippen molar-refractivity contribution in [3.8, 4) is 0 Å². The maximum Gasteiger partial charge on any atom is 0.338 e. The number of carbonyl (C=O) groups excluding carboxylic acids is 2. The maximum atomic E-state index is 12.3. The zero-order valence-electron chi connectivity index (χ0n) is 15.6. The van der Waals surface area contributed by atoms with Crippen molar-refractivity contribution < 1.29 is 19.1 Å². The number of ether oxygens (including phenoxy) is 2. The summed E-state index contributed by atoms with van der Waals surface area (Å²) in [4.78, 5) is 24.4. The standard InChI is InChI=1S/C22H26O4/c1-4-20(26-22(24)19-13-9-6-10-14-19)17(3)16(2)15-25-21(23)18-11-7-5-8-12-18/h5-14,16-17,20H,4,15H2,1-3H3. The average molecular weight is 354 g/mol. The van der Waals surface area contributed by atoms with Crippen LogP contribution in [0, 0.1) is 11.8 Å². The van der Waals surface area contributed by atoms with Crippen LogP contribution in [0.25, 0.3) is 0 Å². The molecule has 0 aliphatic carbocycles. The molecule has 4 heteroatoms. The Morgan fingerprint density at radius 2 is 1.35 bits per heavy atom. The van der Waals surface area contributed by atoms with Gasteiger partial charge in [0.1, 0.15) is 6.10 Å². The zero-order chi connectivity index (χ0) is 18.9. The highest BCUT2D eigenvalue weighted by Gasteiger charge is 2.26. The van der Waals surface area contributed by atoms with Crippen molar-refractivity contribution in [1.29, 1.82) is 0 Å². The summed E-state index contributed by atoms with van der Waals surface area (Å²) in [5.74, 6) is -0.524. The van der Waals surface area contributed by atoms with Crippen LogP contribution in [-0.4, -0.2) is 24.6 Å². The van der Waals surface area contributed by atoms with Crippen LogP contribution in [0.1, 0.15) is 47.9 Å². The molecule has 0 saturated heterocycles. The van der Waals surface area contributed by atoms with Crippen LogP contribution in [0.4, 0.5) is 0 Å². The normalized spacial score (nSPS) is 14.1. The van der Waals surface area contributed by atoms with Crippen molar-refractivity contribution in [3.63, 3.8) is 0 Å². The summed E-state index contributed by atoms with van der Waals surface area (Å²) < 4.78 is 11.1. The van der Waals surface area contributed by atoms with E-state index in [4.69, 9.17) is 9.47 Å². The molecule has 2 rings (SSSR count). The van der Waals surface area contributed by atoms with Gasteiger partial charge >= 0.3 is 11.9 Å². The summed E-state index contributed by atoms with van der Waals surface area (Å²) >= 11 is 0. The lowest BCUT2D eigenvalue weighted by atomic mass is 9.90. The average Bonchev–Trinajstić information content (AvgIpc) is 2.70. The summed E-state index contributed by atoms with van der Waals surface area (Å²) in [6, 6.07) is 17.9. The van der Waals surface area contributed by atoms with E-state index in [9.17, 15) is 9.59 Å². The Morgan fingerprint density at radius 3 is 1.85 bits per heavy atom. The van der Waals surface area contributed by atoms with Crippen molar-refractivity contribution in [2.24, 2.45) is 11.8 Å². The lowest BCUT2D eigenvalue weighted by Crippen LogP contribution is -2.31. The van der Waals surface area contributed by atoms with Gasteiger partial charge in [-0.05, 0) is 42.5 Å². The fourth-order valence-corrected chi connectivity index (χ4v) is 2.73. The minimum atomic E-state index is -0.334. The summed E-state index contributed by atoms with van der Waals surface area (Å²) in [7, 11) is 0. The number of benzene rings is 2. The molecule has 26 heavy (non-hydrogen) atoms. The number of hydrogen-bond acceptors (Lipinski definition) is 4. The quantitative estimate of drug-likeness (QED) is 0.642. The third kappa shape index (κ3) is 5.45. The van der Waals surface area contributed by atoms with Gasteiger partial charge in [-0.3, -0.25) is 0 Å². The molecule has 0 amide bonds. The minimum absolute atomic E-state index is 0.0659. The van der Waals surface area contributed by atoms with Gasteiger partial charge in [0.2, 0.25) is 0 Å². The molecule has 0 N–H and O–H groups in total. The molecule has 138 valence electrons. The molecule has 2 aromatic rings. The number of rotatable bonds is 8. The largest absolute Gasteiger partial charge is 0.462 e. The predicted octanol–water partition coefficient (Wildman–Crippen LogP) is 4.75. The molecule has 0 aromatic heterocycles. The van der Waals surface area contributed by atoms with Crippen molar-refractivity contribution in [2.75, 3.05) is 6.61 Å². The van der Waals surface area contributed by atoms with Gasteiger partial charge in [-0.2, -0.15) is 0 Å². The molecule has 0 bridgehead atoms. The second-order valence-corrected chi connectivity index (χ2v) is 6.52. The summed E-state index contributed by atoms with van der Waals surface area (Å²) in [5, 5.41) is 0. The third-order valence-corrected chi connectivity index (χ3v) is 4.64. The van der Waals surface area contributed by atoms with Gasteiger partial charge in [-0.15, -0.1) is 0 Å². The monoisotopic (exact) mass is 354 g/mol. The van der Waals surface area contributed by atoms with E-state index in [0.29, 0.717) is 17.5 Å². The van der Waals surface area contributed by atoms with Crippen molar-refractivity contribution in [2.45, 2.75) is 33.3 Å². The molecule has 0 radical (unpaired) electrons. The van der Waals surface area contributed by atoms with Crippen molar-refractivity contribution in [1.82, 2.24) is 0 Å². The molecule has 3 unspecified atom stereocenters. The molecule has 0 heterocycles. The predicted molar refractivity (Wildman–Crippen MR) is 101 cm³/mol. The number of esters is 2. The van der Waals surface area contributed by atoms with E-state index in [1.807, 2.05) is 45.0 Å². The van der Waals surface area contributed by atoms with E-state index in [-0.39, 0.29) is 36.5 Å². The second kappa shape index (κ2) is 9.76. The molecule has 0 saturated carbocycles. The van der Waals surface area contributed by atoms with Crippen molar-refractivity contribution in [3.05, 3.63) is 71.8 Å². The molecule has 4 nitrogen and oxygen atoms in total. The highest BCUT2D eigenvalue weighted by molar-refractivity contribution is 5.89. The molecular weight excluding hydrogens is 328 g/mol. The fourth-order valence-electron chi connectivity index (χ4n) is 2.73. The Morgan fingerprint density at radius 1 is 0.846 bits per heavy atom. The number of hydrogen-bond donors (Lipinski definition) is 0. The zero-order valence-corrected chi connectivity index (χ0v) is 15.6. The van der Waals surface area contributed by atoms with Crippen LogP contribution in [0.5, 0.6) is 0 Å². The van der Waals surface area contributed by atoms with Crippen LogP contribution in [0.3, 0.4) is 0 Å². The van der Waals surface area contributed by atoms with Gasteiger partial charge < -0.3 is 9.47 Å². The van der Waals surface area contributed by atoms with Gasteiger partial charge in [0.25, 0.3) is 0 Å². The van der Waals surface area contributed by atoms with Crippen LogP contribution >= 0.6 is 0 Å². The van der Waals surface area contributed by atoms with Gasteiger partial charge in [0.15, 0.2) is 0 Å². The molecule has 0 aliphatic heterocycles. The van der Waals surface area contributed by atoms with Crippen molar-refractivity contribution >= 4 is 11.9 Å². The molecule has 0 aliphatic rings. The first-order chi connectivity index (χ1) is 12.5. The van der Waals surface area contributed by atoms with Crippen LogP contribution < -0.4 is 0 Å². The SMILES string of the molecule is CCC(OC(=O)c1ccccc1)C(C)C(C)COC(=O)c1ccccc1. The Hall–Kier alpha value is -2.62. The first-order valence-corrected chi connectivity index (χ1v) is 9.01. The lowest BCUT2D eigenvalue weighted by molar-refractivity contribution is -0.00367. The maximum absolute atomic E-state index is 12.3. The van der Waals surface area contributed by atoms with E-state index < -0.39 is 0 Å². The summed E-state index contributed by atoms with van der Waals surface area (Å²) in [5.41, 5.74) is 1.08. The van der Waals surface area contributed by atoms with Gasteiger partial charge in [-0.1, -0.05) is 57.2 Å². The lowest BCUT2D eigenvalue weighted by Gasteiger charge is -2.27. The molecule has 3 atom stereocenters. The molecule has 0 fully saturated rings. The Balaban J connectivity index is 1.89. The topological polar surface area (TPSA) is 52.6 Å². The minimum Gasteiger partial charge on any atom is -0.462 e. The second-order valence-electron chi connectivity index (χ2n) is 6.52. The highest BCUT2D eigenvalue weighted by Crippen LogP contribution is 2.22. The first kappa shape index (κ1) is 19.7. The fraction of sp³-hybridized carbons (Fsp3) is 0.364. The van der Waals surface area contributed by atoms with E-state index >= 15 is 0 Å². The van der Waals surface area contributed by atoms with Gasteiger partial charge in [0, 0.05) is 0 Å². The van der Waals surface area contributed by atoms with Gasteiger partial charge in [0.05, 0.1) is 17.7 Å². The van der Waals surface area contributed by atoms with E-state index in [0.717, 1.165) is 0 Å². The summed E-state index contributed by atoms with van der Waals surface area (Å²) in [6.45, 7) is 6.30. The van der Waals surface area contributed by atoms with Crippen LogP contribution in [0.2, 0.25) is 0 Å². The molecular formula is C22H26O4. The number of carbonyl (C=O) groups is 2. The van der Waals surface area contributed by atoms with Crippen LogP contribution in [-0.2, 0) is 9.47 Å². The smallest absolute Gasteiger partial charge is 0.338 e. The third-order valence-electron chi connectivity index (χ3n) is 4.64. The Labute approximate surface area is 155 Å².